The molecule has 3 aliphatic carbocycles. The molecule has 2 saturated carbocycles. The molecule has 4 fully saturated rings. The Morgan fingerprint density at radius 3 is 2.66 bits per heavy atom. The molecule has 2 spiro atoms. The van der Waals surface area contributed by atoms with Crippen LogP contribution in [0.2, 0.25) is 5.15 Å². The summed E-state index contributed by atoms with van der Waals surface area (Å²) in [4.78, 5) is 6.05. The quantitative estimate of drug-likeness (QED) is 0.505. The van der Waals surface area contributed by atoms with Crippen LogP contribution in [0.4, 0.5) is 8.78 Å². The smallest absolute Gasteiger partial charge is 0.171 e. The Labute approximate surface area is 226 Å². The van der Waals surface area contributed by atoms with Gasteiger partial charge in [-0.3, -0.25) is 0 Å². The van der Waals surface area contributed by atoms with Gasteiger partial charge in [0.1, 0.15) is 28.1 Å². The number of benzene rings is 1. The van der Waals surface area contributed by atoms with Gasteiger partial charge in [-0.05, 0) is 86.7 Å². The second kappa shape index (κ2) is 7.76. The molecule has 0 amide bonds. The number of aromatic nitrogens is 1. The Morgan fingerprint density at radius 1 is 1.11 bits per heavy atom. The molecule has 5 nitrogen and oxygen atoms in total. The number of nitrogens with zero attached hydrogens (tertiary/aromatic N) is 2. The van der Waals surface area contributed by atoms with E-state index in [0.717, 1.165) is 21.9 Å². The van der Waals surface area contributed by atoms with E-state index in [0.29, 0.717) is 30.8 Å². The van der Waals surface area contributed by atoms with Crippen molar-refractivity contribution < 1.29 is 23.7 Å². The van der Waals surface area contributed by atoms with E-state index in [1.54, 1.807) is 6.20 Å². The summed E-state index contributed by atoms with van der Waals surface area (Å²) in [6.45, 7) is 2.20. The normalized spacial score (nSPS) is 47.6. The van der Waals surface area contributed by atoms with Crippen molar-refractivity contribution in [2.24, 2.45) is 11.3 Å². The number of halogens is 3. The Morgan fingerprint density at radius 2 is 1.89 bits per heavy atom. The summed E-state index contributed by atoms with van der Waals surface area (Å²) < 4.78 is 41.0. The van der Waals surface area contributed by atoms with Crippen molar-refractivity contribution >= 4 is 27.9 Å². The zero-order valence-corrected chi connectivity index (χ0v) is 22.8. The molecule has 2 saturated heterocycles. The Bertz CT molecular complexity index is 1370. The maximum absolute atomic E-state index is 17.3. The van der Waals surface area contributed by atoms with Crippen molar-refractivity contribution in [3.63, 3.8) is 0 Å². The highest BCUT2D eigenvalue weighted by Gasteiger charge is 2.82. The average Bonchev–Trinajstić information content (AvgIpc) is 3.42. The Balaban J connectivity index is 1.29. The standard InChI is InChI=1S/C30H35ClF2N2O3/c1-26-9-10-27(32)16-29(33)24(37)23(36)21(35(2)3)15-28(29)11-12-30(27,38-28)22(26)7-6-20(26)18-5-4-17-8-13-34-25(31)19(17)14-18/h4-6,8,13-14,21-24,36-37H,7,9-12,15-16H2,1-3H3/t21-,22?,23+,24-,26+,27?,28+,29?,30-/m0/s1. The van der Waals surface area contributed by atoms with E-state index in [2.05, 4.69) is 30.1 Å². The third-order valence-corrected chi connectivity index (χ3v) is 11.6. The lowest BCUT2D eigenvalue weighted by Gasteiger charge is -2.65. The second-order valence-corrected chi connectivity index (χ2v) is 13.4. The summed E-state index contributed by atoms with van der Waals surface area (Å²) in [5.74, 6) is -0.158. The molecule has 2 N–H and O–H groups in total. The fraction of sp³-hybridized carbons (Fsp3) is 0.633. The molecule has 2 aromatic rings. The van der Waals surface area contributed by atoms with Gasteiger partial charge < -0.3 is 19.8 Å². The number of ether oxygens (including phenoxy) is 1. The maximum Gasteiger partial charge on any atom is 0.171 e. The van der Waals surface area contributed by atoms with Gasteiger partial charge in [0.2, 0.25) is 0 Å². The van der Waals surface area contributed by atoms with E-state index < -0.39 is 47.2 Å². The number of alkyl halides is 2. The third-order valence-electron chi connectivity index (χ3n) is 11.3. The van der Waals surface area contributed by atoms with E-state index in [4.69, 9.17) is 16.3 Å². The highest BCUT2D eigenvalue weighted by atomic mass is 35.5. The number of rotatable bonds is 2. The third kappa shape index (κ3) is 2.87. The first-order valence-electron chi connectivity index (χ1n) is 13.8. The monoisotopic (exact) mass is 544 g/mol. The highest BCUT2D eigenvalue weighted by Crippen LogP contribution is 2.74. The summed E-state index contributed by atoms with van der Waals surface area (Å²) in [7, 11) is 3.62. The van der Waals surface area contributed by atoms with Crippen molar-refractivity contribution in [1.82, 2.24) is 9.88 Å². The molecular weight excluding hydrogens is 510 g/mol. The summed E-state index contributed by atoms with van der Waals surface area (Å²) in [5.41, 5.74) is -4.86. The molecule has 0 radical (unpaired) electrons. The summed E-state index contributed by atoms with van der Waals surface area (Å²) in [6, 6.07) is 7.68. The minimum absolute atomic E-state index is 0.148. The first kappa shape index (κ1) is 25.3. The molecular formula is C30H35ClF2N2O3. The van der Waals surface area contributed by atoms with Crippen LogP contribution in [0.25, 0.3) is 16.3 Å². The van der Waals surface area contributed by atoms with Crippen LogP contribution in [0.3, 0.4) is 0 Å². The highest BCUT2D eigenvalue weighted by molar-refractivity contribution is 6.34. The van der Waals surface area contributed by atoms with Gasteiger partial charge in [0, 0.05) is 30.0 Å². The number of aliphatic hydroxyl groups excluding tert-OH is 2. The maximum atomic E-state index is 17.3. The predicted octanol–water partition coefficient (Wildman–Crippen LogP) is 5.26. The molecule has 3 heterocycles. The van der Waals surface area contributed by atoms with Gasteiger partial charge in [0.25, 0.3) is 0 Å². The fourth-order valence-corrected chi connectivity index (χ4v) is 9.49. The lowest BCUT2D eigenvalue weighted by molar-refractivity contribution is -0.347. The second-order valence-electron chi connectivity index (χ2n) is 13.0. The van der Waals surface area contributed by atoms with Crippen LogP contribution >= 0.6 is 11.6 Å². The summed E-state index contributed by atoms with van der Waals surface area (Å²) >= 11 is 6.42. The molecule has 1 aromatic carbocycles. The van der Waals surface area contributed by atoms with E-state index >= 15 is 8.78 Å². The van der Waals surface area contributed by atoms with Crippen molar-refractivity contribution in [3.8, 4) is 0 Å². The zero-order chi connectivity index (χ0) is 26.9. The molecule has 5 aliphatic rings. The van der Waals surface area contributed by atoms with E-state index in [9.17, 15) is 10.2 Å². The minimum Gasteiger partial charge on any atom is -0.389 e. The topological polar surface area (TPSA) is 65.8 Å². The average molecular weight is 545 g/mol. The predicted molar refractivity (Wildman–Crippen MR) is 142 cm³/mol. The lowest BCUT2D eigenvalue weighted by atomic mass is 9.51. The molecule has 3 unspecified atom stereocenters. The Kier molecular flexibility index (Phi) is 5.17. The van der Waals surface area contributed by atoms with Crippen LogP contribution in [-0.4, -0.2) is 75.0 Å². The lowest BCUT2D eigenvalue weighted by Crippen LogP contribution is -2.78. The van der Waals surface area contributed by atoms with Crippen LogP contribution in [0, 0.1) is 11.3 Å². The first-order valence-corrected chi connectivity index (χ1v) is 14.1. The molecule has 2 bridgehead atoms. The van der Waals surface area contributed by atoms with Crippen LogP contribution < -0.4 is 0 Å². The van der Waals surface area contributed by atoms with Crippen molar-refractivity contribution in [2.75, 3.05) is 14.1 Å². The molecule has 204 valence electrons. The number of hydrogen-bond acceptors (Lipinski definition) is 5. The van der Waals surface area contributed by atoms with Crippen molar-refractivity contribution in [3.05, 3.63) is 47.3 Å². The van der Waals surface area contributed by atoms with E-state index in [1.165, 1.54) is 0 Å². The van der Waals surface area contributed by atoms with Crippen LogP contribution in [0.5, 0.6) is 0 Å². The van der Waals surface area contributed by atoms with Gasteiger partial charge in [0.05, 0.1) is 6.10 Å². The number of likely N-dealkylation sites (N-methyl/N-ethyl adjacent to an activating group) is 1. The number of pyridine rings is 1. The van der Waals surface area contributed by atoms with Crippen molar-refractivity contribution in [2.45, 2.75) is 92.7 Å². The van der Waals surface area contributed by atoms with Crippen LogP contribution in [0.15, 0.2) is 36.5 Å². The minimum atomic E-state index is -2.33. The molecule has 8 heteroatoms. The molecule has 2 aliphatic heterocycles. The van der Waals surface area contributed by atoms with Gasteiger partial charge >= 0.3 is 0 Å². The summed E-state index contributed by atoms with van der Waals surface area (Å²) in [5, 5.41) is 24.3. The number of fused-ring (bicyclic) bond motifs is 2. The van der Waals surface area contributed by atoms with E-state index in [1.807, 2.05) is 31.1 Å². The van der Waals surface area contributed by atoms with Gasteiger partial charge in [-0.15, -0.1) is 0 Å². The number of allylic oxidation sites excluding steroid dienone is 2. The van der Waals surface area contributed by atoms with Gasteiger partial charge in [-0.2, -0.15) is 0 Å². The SMILES string of the molecule is CN(C)[C@H]1C[C@@]23CC[C@]4(O2)C2CC=C(c5ccc6ccnc(Cl)c6c5)[C@@]2(C)CCC4(F)CC3(F)[C@@H](O)[C@@H]1O. The zero-order valence-electron chi connectivity index (χ0n) is 22.1. The molecule has 9 atom stereocenters. The van der Waals surface area contributed by atoms with Gasteiger partial charge in [-0.25, -0.2) is 13.8 Å². The van der Waals surface area contributed by atoms with Gasteiger partial charge in [0.15, 0.2) is 5.67 Å². The largest absolute Gasteiger partial charge is 0.389 e. The van der Waals surface area contributed by atoms with E-state index in [-0.39, 0.29) is 24.2 Å². The Hall–Kier alpha value is -1.64. The van der Waals surface area contributed by atoms with Crippen LogP contribution in [0.1, 0.15) is 57.4 Å². The van der Waals surface area contributed by atoms with Crippen molar-refractivity contribution in [1.29, 1.82) is 0 Å². The molecule has 38 heavy (non-hydrogen) atoms. The molecule has 7 rings (SSSR count). The number of aliphatic hydroxyl groups is 2. The van der Waals surface area contributed by atoms with Gasteiger partial charge in [-0.1, -0.05) is 36.7 Å². The number of hydrogen-bond donors (Lipinski definition) is 2. The molecule has 1 aromatic heterocycles. The van der Waals surface area contributed by atoms with Crippen LogP contribution in [-0.2, 0) is 4.74 Å². The summed E-state index contributed by atoms with van der Waals surface area (Å²) in [6.07, 6.45) is 2.79. The fourth-order valence-electron chi connectivity index (χ4n) is 9.27. The first-order chi connectivity index (χ1) is 17.9.